The number of morpholine rings is 1. The minimum absolute atomic E-state index is 0.0501. The van der Waals surface area contributed by atoms with E-state index in [2.05, 4.69) is 41.1 Å². The van der Waals surface area contributed by atoms with Crippen LogP contribution in [0.5, 0.6) is 0 Å². The van der Waals surface area contributed by atoms with E-state index in [1.807, 2.05) is 0 Å². The summed E-state index contributed by atoms with van der Waals surface area (Å²) in [4.78, 5) is 6.85. The number of rotatable bonds is 7. The number of hydrogen-bond acceptors (Lipinski definition) is 6. The molecule has 1 aliphatic heterocycles. The first-order valence-electron chi connectivity index (χ1n) is 7.59. The van der Waals surface area contributed by atoms with Crippen LogP contribution in [0.3, 0.4) is 0 Å². The molecule has 1 unspecified atom stereocenters. The van der Waals surface area contributed by atoms with Crippen LogP contribution in [-0.2, 0) is 11.2 Å². The molecular formula is C14H26N4O2. The fourth-order valence-electron chi connectivity index (χ4n) is 2.35. The number of ether oxygens (including phenoxy) is 1. The van der Waals surface area contributed by atoms with Crippen LogP contribution in [0.2, 0.25) is 0 Å². The molecule has 0 aliphatic carbocycles. The Morgan fingerprint density at radius 1 is 1.45 bits per heavy atom. The molecular weight excluding hydrogens is 256 g/mol. The third kappa shape index (κ3) is 4.54. The second kappa shape index (κ2) is 7.71. The molecule has 1 aromatic rings. The maximum atomic E-state index is 5.75. The molecule has 0 spiro atoms. The van der Waals surface area contributed by atoms with Crippen LogP contribution in [0.25, 0.3) is 0 Å². The molecule has 1 aromatic heterocycles. The predicted octanol–water partition coefficient (Wildman–Crippen LogP) is 1.39. The van der Waals surface area contributed by atoms with Crippen molar-refractivity contribution in [2.75, 3.05) is 32.8 Å². The van der Waals surface area contributed by atoms with Gasteiger partial charge in [-0.1, -0.05) is 25.9 Å². The first-order chi connectivity index (χ1) is 9.69. The summed E-state index contributed by atoms with van der Waals surface area (Å²) in [5.74, 6) is 1.37. The van der Waals surface area contributed by atoms with Gasteiger partial charge in [-0.15, -0.1) is 0 Å². The fourth-order valence-corrected chi connectivity index (χ4v) is 2.35. The lowest BCUT2D eigenvalue weighted by atomic mass is 10.2. The van der Waals surface area contributed by atoms with Gasteiger partial charge in [0.25, 0.3) is 0 Å². The van der Waals surface area contributed by atoms with Crippen LogP contribution in [0, 0.1) is 0 Å². The number of aromatic nitrogens is 2. The van der Waals surface area contributed by atoms with Gasteiger partial charge < -0.3 is 14.6 Å². The Hall–Kier alpha value is -0.980. The topological polar surface area (TPSA) is 63.4 Å². The van der Waals surface area contributed by atoms with E-state index in [0.717, 1.165) is 45.6 Å². The van der Waals surface area contributed by atoms with Crippen LogP contribution in [0.1, 0.15) is 45.0 Å². The van der Waals surface area contributed by atoms with Crippen LogP contribution in [0.15, 0.2) is 4.52 Å². The normalized spacial score (nSPS) is 20.7. The standard InChI is InChI=1S/C14H26N4O2/c1-4-7-18-8-9-19-12(10-18)14-16-13(20-17-14)5-6-15-11(2)3/h11-12,15H,4-10H2,1-3H3. The zero-order chi connectivity index (χ0) is 14.4. The van der Waals surface area contributed by atoms with Crippen molar-refractivity contribution in [2.45, 2.75) is 45.8 Å². The van der Waals surface area contributed by atoms with Crippen LogP contribution in [-0.4, -0.2) is 53.9 Å². The Bertz CT molecular complexity index is 392. The molecule has 114 valence electrons. The van der Waals surface area contributed by atoms with Crippen molar-refractivity contribution < 1.29 is 9.26 Å². The van der Waals surface area contributed by atoms with Crippen molar-refractivity contribution in [3.05, 3.63) is 11.7 Å². The highest BCUT2D eigenvalue weighted by Crippen LogP contribution is 2.19. The minimum atomic E-state index is -0.0501. The van der Waals surface area contributed by atoms with E-state index in [-0.39, 0.29) is 6.10 Å². The van der Waals surface area contributed by atoms with Gasteiger partial charge in [0.1, 0.15) is 6.10 Å². The van der Waals surface area contributed by atoms with Crippen LogP contribution >= 0.6 is 0 Å². The van der Waals surface area contributed by atoms with Crippen LogP contribution in [0.4, 0.5) is 0 Å². The van der Waals surface area contributed by atoms with E-state index in [9.17, 15) is 0 Å². The molecule has 0 bridgehead atoms. The first-order valence-corrected chi connectivity index (χ1v) is 7.59. The average molecular weight is 282 g/mol. The molecule has 2 heterocycles. The van der Waals surface area contributed by atoms with Gasteiger partial charge in [-0.3, -0.25) is 4.90 Å². The first kappa shape index (κ1) is 15.4. The van der Waals surface area contributed by atoms with Crippen molar-refractivity contribution in [3.63, 3.8) is 0 Å². The highest BCUT2D eigenvalue weighted by Gasteiger charge is 2.25. The van der Waals surface area contributed by atoms with Crippen molar-refractivity contribution in [1.29, 1.82) is 0 Å². The third-order valence-electron chi connectivity index (χ3n) is 3.35. The van der Waals surface area contributed by atoms with Crippen molar-refractivity contribution in [3.8, 4) is 0 Å². The van der Waals surface area contributed by atoms with E-state index in [4.69, 9.17) is 9.26 Å². The van der Waals surface area contributed by atoms with Crippen molar-refractivity contribution in [2.24, 2.45) is 0 Å². The Balaban J connectivity index is 1.84. The lowest BCUT2D eigenvalue weighted by molar-refractivity contribution is -0.0350. The van der Waals surface area contributed by atoms with Gasteiger partial charge in [-0.2, -0.15) is 4.98 Å². The molecule has 1 aliphatic rings. The maximum Gasteiger partial charge on any atom is 0.228 e. The molecule has 0 saturated carbocycles. The summed E-state index contributed by atoms with van der Waals surface area (Å²) >= 11 is 0. The zero-order valence-corrected chi connectivity index (χ0v) is 12.8. The van der Waals surface area contributed by atoms with Gasteiger partial charge in [0.2, 0.25) is 11.7 Å². The molecule has 20 heavy (non-hydrogen) atoms. The third-order valence-corrected chi connectivity index (χ3v) is 3.35. The average Bonchev–Trinajstić information content (AvgIpc) is 2.88. The summed E-state index contributed by atoms with van der Waals surface area (Å²) in [5, 5.41) is 7.41. The van der Waals surface area contributed by atoms with Gasteiger partial charge in [0, 0.05) is 32.1 Å². The lowest BCUT2D eigenvalue weighted by Gasteiger charge is -2.30. The van der Waals surface area contributed by atoms with Gasteiger partial charge in [0.15, 0.2) is 0 Å². The minimum Gasteiger partial charge on any atom is -0.367 e. The molecule has 1 fully saturated rings. The quantitative estimate of drug-likeness (QED) is 0.815. The molecule has 2 rings (SSSR count). The van der Waals surface area contributed by atoms with E-state index >= 15 is 0 Å². The summed E-state index contributed by atoms with van der Waals surface area (Å²) < 4.78 is 11.0. The molecule has 0 radical (unpaired) electrons. The number of hydrogen-bond donors (Lipinski definition) is 1. The van der Waals surface area contributed by atoms with E-state index < -0.39 is 0 Å². The Labute approximate surface area is 120 Å². The molecule has 6 nitrogen and oxygen atoms in total. The summed E-state index contributed by atoms with van der Waals surface area (Å²) in [6.45, 7) is 11.0. The SMILES string of the molecule is CCCN1CCOC(c2noc(CCNC(C)C)n2)C1. The molecule has 1 atom stereocenters. The van der Waals surface area contributed by atoms with Crippen LogP contribution < -0.4 is 5.32 Å². The fraction of sp³-hybridized carbons (Fsp3) is 0.857. The number of nitrogens with zero attached hydrogens (tertiary/aromatic N) is 3. The van der Waals surface area contributed by atoms with E-state index in [1.54, 1.807) is 0 Å². The summed E-state index contributed by atoms with van der Waals surface area (Å²) in [6.07, 6.45) is 1.87. The molecule has 0 aromatic carbocycles. The summed E-state index contributed by atoms with van der Waals surface area (Å²) in [6, 6.07) is 0.474. The molecule has 6 heteroatoms. The van der Waals surface area contributed by atoms with E-state index in [0.29, 0.717) is 17.8 Å². The Morgan fingerprint density at radius 3 is 3.05 bits per heavy atom. The lowest BCUT2D eigenvalue weighted by Crippen LogP contribution is -2.39. The van der Waals surface area contributed by atoms with Crippen molar-refractivity contribution in [1.82, 2.24) is 20.4 Å². The second-order valence-electron chi connectivity index (χ2n) is 5.57. The molecule has 1 saturated heterocycles. The van der Waals surface area contributed by atoms with Gasteiger partial charge in [-0.05, 0) is 13.0 Å². The summed E-state index contributed by atoms with van der Waals surface area (Å²) in [5.41, 5.74) is 0. The Kier molecular flexibility index (Phi) is 5.94. The molecule has 1 N–H and O–H groups in total. The second-order valence-corrected chi connectivity index (χ2v) is 5.57. The highest BCUT2D eigenvalue weighted by molar-refractivity contribution is 4.94. The van der Waals surface area contributed by atoms with Crippen molar-refractivity contribution >= 4 is 0 Å². The van der Waals surface area contributed by atoms with Gasteiger partial charge in [0.05, 0.1) is 6.61 Å². The maximum absolute atomic E-state index is 5.75. The van der Waals surface area contributed by atoms with E-state index in [1.165, 1.54) is 0 Å². The van der Waals surface area contributed by atoms with Gasteiger partial charge >= 0.3 is 0 Å². The van der Waals surface area contributed by atoms with Gasteiger partial charge in [-0.25, -0.2) is 0 Å². The smallest absolute Gasteiger partial charge is 0.228 e. The highest BCUT2D eigenvalue weighted by atomic mass is 16.5. The Morgan fingerprint density at radius 2 is 2.30 bits per heavy atom. The number of nitrogens with one attached hydrogen (secondary N) is 1. The monoisotopic (exact) mass is 282 g/mol. The zero-order valence-electron chi connectivity index (χ0n) is 12.8. The predicted molar refractivity (Wildman–Crippen MR) is 76.6 cm³/mol. The summed E-state index contributed by atoms with van der Waals surface area (Å²) in [7, 11) is 0. The largest absolute Gasteiger partial charge is 0.367 e. The molecule has 0 amide bonds.